The molecule has 21 heavy (non-hydrogen) atoms. The Labute approximate surface area is 132 Å². The van der Waals surface area contributed by atoms with E-state index in [4.69, 9.17) is 23.2 Å². The monoisotopic (exact) mass is 326 g/mol. The predicted octanol–water partition coefficient (Wildman–Crippen LogP) is 3.27. The van der Waals surface area contributed by atoms with Crippen LogP contribution in [0.3, 0.4) is 0 Å². The lowest BCUT2D eigenvalue weighted by Crippen LogP contribution is -2.48. The van der Waals surface area contributed by atoms with E-state index < -0.39 is 0 Å². The van der Waals surface area contributed by atoms with Crippen LogP contribution in [0.15, 0.2) is 36.5 Å². The number of anilines is 2. The number of hydrogen-bond donors (Lipinski definition) is 0. The number of benzene rings is 1. The molecule has 0 unspecified atom stereocenters. The number of H-pyrrole nitrogens is 1. The Hall–Kier alpha value is -1.52. The van der Waals surface area contributed by atoms with Crippen LogP contribution >= 0.6 is 23.2 Å². The van der Waals surface area contributed by atoms with Gasteiger partial charge in [0, 0.05) is 0 Å². The zero-order valence-corrected chi connectivity index (χ0v) is 12.8. The van der Waals surface area contributed by atoms with Crippen molar-refractivity contribution in [1.29, 1.82) is 0 Å². The lowest BCUT2D eigenvalue weighted by atomic mass is 10.2. The van der Waals surface area contributed by atoms with Gasteiger partial charge in [-0.1, -0.05) is 35.3 Å². The van der Waals surface area contributed by atoms with Gasteiger partial charge >= 0.3 is 0 Å². The molecule has 0 amide bonds. The third kappa shape index (κ3) is 3.06. The van der Waals surface area contributed by atoms with Gasteiger partial charge in [-0.3, -0.25) is 4.90 Å². The predicted molar refractivity (Wildman–Crippen MR) is 83.8 cm³/mol. The summed E-state index contributed by atoms with van der Waals surface area (Å²) in [5.41, 5.74) is 0.656. The number of nitrogens with zero attached hydrogens (tertiary/aromatic N) is 2. The summed E-state index contributed by atoms with van der Waals surface area (Å²) in [4.78, 5) is 7.31. The van der Waals surface area contributed by atoms with E-state index in [0.717, 1.165) is 32.0 Å². The van der Waals surface area contributed by atoms with Crippen molar-refractivity contribution in [2.24, 2.45) is 0 Å². The van der Waals surface area contributed by atoms with E-state index in [1.54, 1.807) is 18.3 Å². The lowest BCUT2D eigenvalue weighted by molar-refractivity contribution is -0.363. The van der Waals surface area contributed by atoms with Gasteiger partial charge in [-0.05, 0) is 18.2 Å². The van der Waals surface area contributed by atoms with E-state index in [1.165, 1.54) is 6.07 Å². The van der Waals surface area contributed by atoms with E-state index in [1.807, 2.05) is 12.1 Å². The smallest absolute Gasteiger partial charge is 0.293 e. The molecule has 1 N–H and O–H groups in total. The first-order valence-corrected chi connectivity index (χ1v) is 7.52. The molecule has 110 valence electrons. The van der Waals surface area contributed by atoms with E-state index in [-0.39, 0.29) is 5.82 Å². The first kappa shape index (κ1) is 14.4. The summed E-state index contributed by atoms with van der Waals surface area (Å²) in [6, 6.07) is 8.59. The molecule has 1 fully saturated rings. The molecule has 6 heteroatoms. The van der Waals surface area contributed by atoms with Gasteiger partial charge in [-0.2, -0.15) is 0 Å². The van der Waals surface area contributed by atoms with Crippen molar-refractivity contribution in [2.45, 2.75) is 0 Å². The van der Waals surface area contributed by atoms with E-state index >= 15 is 0 Å². The number of hydrogen-bond acceptors (Lipinski definition) is 2. The highest BCUT2D eigenvalue weighted by atomic mass is 35.5. The Morgan fingerprint density at radius 2 is 1.67 bits per heavy atom. The van der Waals surface area contributed by atoms with E-state index in [2.05, 4.69) is 14.8 Å². The molecule has 3 rings (SSSR count). The maximum atomic E-state index is 13.8. The van der Waals surface area contributed by atoms with Gasteiger partial charge in [0.1, 0.15) is 30.1 Å². The summed E-state index contributed by atoms with van der Waals surface area (Å²) in [5.74, 6) is 0.677. The fourth-order valence-electron chi connectivity index (χ4n) is 2.56. The number of halogens is 3. The fourth-order valence-corrected chi connectivity index (χ4v) is 3.07. The number of rotatable bonds is 2. The van der Waals surface area contributed by atoms with Gasteiger partial charge in [0.05, 0.1) is 23.8 Å². The molecule has 1 saturated heterocycles. The summed E-state index contributed by atoms with van der Waals surface area (Å²) in [6.45, 7) is 3.03. The minimum Gasteiger partial charge on any atom is -0.361 e. The minimum absolute atomic E-state index is 0.179. The molecule has 2 heterocycles. The Kier molecular flexibility index (Phi) is 4.17. The third-order valence-corrected chi connectivity index (χ3v) is 4.13. The first-order valence-electron chi connectivity index (χ1n) is 6.76. The zero-order valence-electron chi connectivity index (χ0n) is 11.3. The van der Waals surface area contributed by atoms with Gasteiger partial charge in [0.25, 0.3) is 5.82 Å². The summed E-state index contributed by atoms with van der Waals surface area (Å²) in [6.07, 6.45) is 1.71. The molecule has 1 aliphatic rings. The Bertz CT molecular complexity index is 643. The average Bonchev–Trinajstić information content (AvgIpc) is 2.48. The summed E-state index contributed by atoms with van der Waals surface area (Å²) >= 11 is 12.1. The SMILES string of the molecule is Fc1ccccc1N1CCN(c2[nH+]cc(Cl)cc2Cl)CC1. The molecule has 0 atom stereocenters. The van der Waals surface area contributed by atoms with Crippen LogP contribution in [-0.4, -0.2) is 26.2 Å². The van der Waals surface area contributed by atoms with Crippen molar-refractivity contribution in [3.63, 3.8) is 0 Å². The van der Waals surface area contributed by atoms with E-state index in [0.29, 0.717) is 15.7 Å². The summed E-state index contributed by atoms with van der Waals surface area (Å²) in [5, 5.41) is 1.18. The van der Waals surface area contributed by atoms with Crippen LogP contribution in [0.1, 0.15) is 0 Å². The fraction of sp³-hybridized carbons (Fsp3) is 0.267. The largest absolute Gasteiger partial charge is 0.361 e. The highest BCUT2D eigenvalue weighted by Crippen LogP contribution is 2.26. The van der Waals surface area contributed by atoms with Crippen LogP contribution in [0.5, 0.6) is 0 Å². The van der Waals surface area contributed by atoms with Crippen LogP contribution < -0.4 is 14.8 Å². The van der Waals surface area contributed by atoms with Crippen LogP contribution in [0.2, 0.25) is 10.0 Å². The highest BCUT2D eigenvalue weighted by Gasteiger charge is 2.26. The summed E-state index contributed by atoms with van der Waals surface area (Å²) < 4.78 is 13.8. The van der Waals surface area contributed by atoms with Gasteiger partial charge < -0.3 is 4.90 Å². The molecule has 0 bridgehead atoms. The molecular formula is C15H15Cl2FN3+. The normalized spacial score (nSPS) is 15.4. The van der Waals surface area contributed by atoms with Crippen molar-refractivity contribution >= 4 is 34.7 Å². The second-order valence-corrected chi connectivity index (χ2v) is 5.78. The maximum absolute atomic E-state index is 13.8. The zero-order chi connectivity index (χ0) is 14.8. The minimum atomic E-state index is -0.179. The second kappa shape index (κ2) is 6.08. The average molecular weight is 327 g/mol. The molecular weight excluding hydrogens is 312 g/mol. The molecule has 1 aliphatic heterocycles. The molecule has 0 saturated carbocycles. The van der Waals surface area contributed by atoms with Gasteiger partial charge in [-0.25, -0.2) is 9.37 Å². The second-order valence-electron chi connectivity index (χ2n) is 4.94. The van der Waals surface area contributed by atoms with Gasteiger partial charge in [0.2, 0.25) is 0 Å². The maximum Gasteiger partial charge on any atom is 0.293 e. The Morgan fingerprint density at radius 1 is 1.00 bits per heavy atom. The number of aromatic nitrogens is 1. The molecule has 1 aromatic heterocycles. The Balaban J connectivity index is 1.72. The Morgan fingerprint density at radius 3 is 2.33 bits per heavy atom. The van der Waals surface area contributed by atoms with Crippen LogP contribution in [0, 0.1) is 5.82 Å². The molecule has 1 aromatic carbocycles. The van der Waals surface area contributed by atoms with Gasteiger partial charge in [-0.15, -0.1) is 0 Å². The number of nitrogens with one attached hydrogen (secondary N) is 1. The van der Waals surface area contributed by atoms with Crippen molar-refractivity contribution in [3.05, 3.63) is 52.4 Å². The number of pyridine rings is 1. The van der Waals surface area contributed by atoms with Crippen molar-refractivity contribution in [3.8, 4) is 0 Å². The number of piperazine rings is 1. The molecule has 2 aromatic rings. The number of para-hydroxylation sites is 1. The van der Waals surface area contributed by atoms with Crippen LogP contribution in [-0.2, 0) is 0 Å². The van der Waals surface area contributed by atoms with Crippen LogP contribution in [0.25, 0.3) is 0 Å². The third-order valence-electron chi connectivity index (χ3n) is 3.63. The standard InChI is InChI=1S/C15H14Cl2FN3/c16-11-9-12(17)15(19-10-11)21-7-5-20(6-8-21)14-4-2-1-3-13(14)18/h1-4,9-10H,5-8H2/p+1. The van der Waals surface area contributed by atoms with Crippen LogP contribution in [0.4, 0.5) is 15.9 Å². The first-order chi connectivity index (χ1) is 10.1. The number of aromatic amines is 1. The molecule has 0 radical (unpaired) electrons. The highest BCUT2D eigenvalue weighted by molar-refractivity contribution is 6.35. The van der Waals surface area contributed by atoms with Crippen molar-refractivity contribution in [2.75, 3.05) is 36.0 Å². The van der Waals surface area contributed by atoms with Gasteiger partial charge in [0.15, 0.2) is 0 Å². The van der Waals surface area contributed by atoms with Crippen molar-refractivity contribution in [1.82, 2.24) is 0 Å². The van der Waals surface area contributed by atoms with E-state index in [9.17, 15) is 4.39 Å². The molecule has 3 nitrogen and oxygen atoms in total. The molecule has 0 aliphatic carbocycles. The topological polar surface area (TPSA) is 20.6 Å². The summed E-state index contributed by atoms with van der Waals surface area (Å²) in [7, 11) is 0. The quantitative estimate of drug-likeness (QED) is 0.844. The van der Waals surface area contributed by atoms with Crippen molar-refractivity contribution < 1.29 is 9.37 Å². The lowest BCUT2D eigenvalue weighted by Gasteiger charge is -2.32. The molecule has 0 spiro atoms.